The van der Waals surface area contributed by atoms with Crippen molar-refractivity contribution in [2.24, 2.45) is 0 Å². The Labute approximate surface area is 142 Å². The highest BCUT2D eigenvalue weighted by Gasteiger charge is 2.12. The van der Waals surface area contributed by atoms with Crippen LogP contribution < -0.4 is 24.4 Å². The van der Waals surface area contributed by atoms with Gasteiger partial charge < -0.3 is 28.5 Å². The zero-order chi connectivity index (χ0) is 18.4. The van der Waals surface area contributed by atoms with E-state index in [9.17, 15) is 9.59 Å². The van der Waals surface area contributed by atoms with Crippen LogP contribution in [0.1, 0.15) is 5.56 Å². The fraction of sp³-hybridized carbons (Fsp3) is 0.176. The molecule has 0 aliphatic rings. The summed E-state index contributed by atoms with van der Waals surface area (Å²) >= 11 is 0. The van der Waals surface area contributed by atoms with Gasteiger partial charge in [-0.1, -0.05) is 0 Å². The summed E-state index contributed by atoms with van der Waals surface area (Å²) in [5.41, 5.74) is -0.124. The monoisotopic (exact) mass is 348 g/mol. The van der Waals surface area contributed by atoms with E-state index in [1.54, 1.807) is 12.1 Å². The lowest BCUT2D eigenvalue weighted by Gasteiger charge is -2.12. The molecule has 0 saturated carbocycles. The summed E-state index contributed by atoms with van der Waals surface area (Å²) in [5, 5.41) is 9.08. The first kappa shape index (κ1) is 17.9. The van der Waals surface area contributed by atoms with Crippen LogP contribution in [0, 0.1) is 0 Å². The maximum Gasteiger partial charge on any atom is 0.338 e. The predicted octanol–water partition coefficient (Wildman–Crippen LogP) is 1.99. The average Bonchev–Trinajstić information content (AvgIpc) is 2.62. The first-order valence-electron chi connectivity index (χ1n) is 7.00. The Bertz CT molecular complexity index is 825. The molecule has 0 aliphatic carbocycles. The summed E-state index contributed by atoms with van der Waals surface area (Å²) in [7, 11) is 4.44. The Morgan fingerprint density at radius 1 is 1.08 bits per heavy atom. The van der Waals surface area contributed by atoms with Crippen molar-refractivity contribution in [2.45, 2.75) is 0 Å². The molecule has 0 bridgehead atoms. The number of aromatic hydroxyl groups is 1. The normalized spacial score (nSPS) is 10.5. The molecule has 0 saturated heterocycles. The summed E-state index contributed by atoms with van der Waals surface area (Å²) in [4.78, 5) is 23.0. The summed E-state index contributed by atoms with van der Waals surface area (Å²) in [5.74, 6) is -0.396. The molecule has 1 aromatic heterocycles. The first-order chi connectivity index (χ1) is 12.0. The maximum absolute atomic E-state index is 11.8. The lowest BCUT2D eigenvalue weighted by molar-refractivity contribution is -0.130. The van der Waals surface area contributed by atoms with Gasteiger partial charge in [0.25, 0.3) is 5.95 Å². The quantitative estimate of drug-likeness (QED) is 0.624. The number of rotatable bonds is 6. The Morgan fingerprint density at radius 2 is 1.72 bits per heavy atom. The number of hydrogen-bond acceptors (Lipinski definition) is 8. The van der Waals surface area contributed by atoms with E-state index in [4.69, 9.17) is 28.5 Å². The van der Waals surface area contributed by atoms with Crippen LogP contribution in [0.3, 0.4) is 0 Å². The molecule has 0 amide bonds. The van der Waals surface area contributed by atoms with Crippen molar-refractivity contribution < 1.29 is 33.3 Å². The second-order valence-electron chi connectivity index (χ2n) is 4.66. The predicted molar refractivity (Wildman–Crippen MR) is 87.4 cm³/mol. The van der Waals surface area contributed by atoms with Gasteiger partial charge in [-0.3, -0.25) is 4.79 Å². The van der Waals surface area contributed by atoms with Crippen LogP contribution in [0.2, 0.25) is 0 Å². The van der Waals surface area contributed by atoms with Crippen LogP contribution >= 0.6 is 0 Å². The third kappa shape index (κ3) is 4.31. The van der Waals surface area contributed by atoms with Gasteiger partial charge >= 0.3 is 5.97 Å². The van der Waals surface area contributed by atoms with Crippen LogP contribution in [0.5, 0.6) is 28.9 Å². The SMILES string of the molecule is COc1cc(C=CC(=O)Oc2cc(=O)c(O)co2)cc(OC)c1OC. The Hall–Kier alpha value is -3.42. The topological polar surface area (TPSA) is 104 Å². The highest BCUT2D eigenvalue weighted by Crippen LogP contribution is 2.38. The maximum atomic E-state index is 11.8. The van der Waals surface area contributed by atoms with Crippen molar-refractivity contribution >= 4 is 12.0 Å². The molecule has 1 heterocycles. The molecule has 0 spiro atoms. The van der Waals surface area contributed by atoms with Gasteiger partial charge in [-0.15, -0.1) is 0 Å². The number of hydrogen-bond donors (Lipinski definition) is 1. The molecule has 0 atom stereocenters. The molecule has 1 N–H and O–H groups in total. The number of carbonyl (C=O) groups excluding carboxylic acids is 1. The second-order valence-corrected chi connectivity index (χ2v) is 4.66. The van der Waals surface area contributed by atoms with Crippen molar-refractivity contribution in [1.29, 1.82) is 0 Å². The molecular formula is C17H16O8. The standard InChI is InChI=1S/C17H16O8/c1-21-13-6-10(7-14(22-2)17(13)23-3)4-5-15(20)25-16-8-11(18)12(19)9-24-16/h4-9,19H,1-3H3. The summed E-state index contributed by atoms with van der Waals surface area (Å²) in [6, 6.07) is 4.15. The second kappa shape index (κ2) is 7.91. The van der Waals surface area contributed by atoms with Crippen molar-refractivity contribution in [3.05, 3.63) is 46.3 Å². The van der Waals surface area contributed by atoms with Gasteiger partial charge in [0.1, 0.15) is 6.26 Å². The van der Waals surface area contributed by atoms with Crippen LogP contribution in [0.25, 0.3) is 6.08 Å². The molecule has 25 heavy (non-hydrogen) atoms. The zero-order valence-corrected chi connectivity index (χ0v) is 13.8. The number of ether oxygens (including phenoxy) is 4. The van der Waals surface area contributed by atoms with Crippen LogP contribution in [-0.2, 0) is 4.79 Å². The number of carbonyl (C=O) groups is 1. The minimum absolute atomic E-state index is 0.331. The van der Waals surface area contributed by atoms with E-state index < -0.39 is 17.1 Å². The molecule has 132 valence electrons. The van der Waals surface area contributed by atoms with Gasteiger partial charge in [-0.05, 0) is 23.8 Å². The molecule has 0 radical (unpaired) electrons. The van der Waals surface area contributed by atoms with E-state index in [2.05, 4.69) is 0 Å². The van der Waals surface area contributed by atoms with Gasteiger partial charge in [0.05, 0.1) is 27.4 Å². The van der Waals surface area contributed by atoms with Crippen LogP contribution in [0.4, 0.5) is 0 Å². The highest BCUT2D eigenvalue weighted by atomic mass is 16.6. The van der Waals surface area contributed by atoms with E-state index in [0.29, 0.717) is 22.8 Å². The Balaban J connectivity index is 2.18. The fourth-order valence-electron chi connectivity index (χ4n) is 1.94. The highest BCUT2D eigenvalue weighted by molar-refractivity contribution is 5.88. The van der Waals surface area contributed by atoms with Crippen LogP contribution in [0.15, 0.2) is 39.7 Å². The minimum Gasteiger partial charge on any atom is -0.502 e. The number of methoxy groups -OCH3 is 3. The van der Waals surface area contributed by atoms with E-state index >= 15 is 0 Å². The minimum atomic E-state index is -0.775. The van der Waals surface area contributed by atoms with Gasteiger partial charge in [-0.2, -0.15) is 0 Å². The van der Waals surface area contributed by atoms with Crippen LogP contribution in [-0.4, -0.2) is 32.4 Å². The van der Waals surface area contributed by atoms with Crippen molar-refractivity contribution in [3.63, 3.8) is 0 Å². The van der Waals surface area contributed by atoms with Gasteiger partial charge in [0.2, 0.25) is 11.2 Å². The number of esters is 1. The van der Waals surface area contributed by atoms with Gasteiger partial charge in [0, 0.05) is 6.08 Å². The molecule has 8 heteroatoms. The summed E-state index contributed by atoms with van der Waals surface area (Å²) < 4.78 is 25.3. The Morgan fingerprint density at radius 3 is 2.24 bits per heavy atom. The lowest BCUT2D eigenvalue weighted by Crippen LogP contribution is -2.06. The molecule has 1 aromatic carbocycles. The molecule has 0 unspecified atom stereocenters. The number of benzene rings is 1. The van der Waals surface area contributed by atoms with E-state index in [1.807, 2.05) is 0 Å². The molecule has 2 rings (SSSR count). The van der Waals surface area contributed by atoms with Crippen molar-refractivity contribution in [1.82, 2.24) is 0 Å². The largest absolute Gasteiger partial charge is 0.502 e. The summed E-state index contributed by atoms with van der Waals surface area (Å²) in [6.07, 6.45) is 3.38. The van der Waals surface area contributed by atoms with Crippen molar-refractivity contribution in [2.75, 3.05) is 21.3 Å². The van der Waals surface area contributed by atoms with E-state index in [-0.39, 0.29) is 5.95 Å². The Kier molecular flexibility index (Phi) is 5.67. The van der Waals surface area contributed by atoms with Crippen molar-refractivity contribution in [3.8, 4) is 28.9 Å². The molecule has 0 aliphatic heterocycles. The zero-order valence-electron chi connectivity index (χ0n) is 13.8. The molecule has 0 fully saturated rings. The average molecular weight is 348 g/mol. The smallest absolute Gasteiger partial charge is 0.338 e. The molecular weight excluding hydrogens is 332 g/mol. The van der Waals surface area contributed by atoms with Gasteiger partial charge in [-0.25, -0.2) is 4.79 Å². The molecule has 8 nitrogen and oxygen atoms in total. The third-order valence-electron chi connectivity index (χ3n) is 3.09. The molecule has 2 aromatic rings. The summed E-state index contributed by atoms with van der Waals surface area (Å²) in [6.45, 7) is 0. The first-order valence-corrected chi connectivity index (χ1v) is 7.00. The van der Waals surface area contributed by atoms with E-state index in [0.717, 1.165) is 18.4 Å². The third-order valence-corrected chi connectivity index (χ3v) is 3.09. The lowest BCUT2D eigenvalue weighted by atomic mass is 10.1. The fourth-order valence-corrected chi connectivity index (χ4v) is 1.94. The van der Waals surface area contributed by atoms with E-state index in [1.165, 1.54) is 27.4 Å². The van der Waals surface area contributed by atoms with Gasteiger partial charge in [0.15, 0.2) is 17.2 Å².